The molecule has 25 heavy (non-hydrogen) atoms. The molecule has 0 aliphatic heterocycles. The Morgan fingerprint density at radius 1 is 1.04 bits per heavy atom. The molecule has 0 atom stereocenters. The highest BCUT2D eigenvalue weighted by Crippen LogP contribution is 2.12. The summed E-state index contributed by atoms with van der Waals surface area (Å²) in [5.41, 5.74) is 3.16. The molecule has 2 N–H and O–H groups in total. The first kappa shape index (κ1) is 16.4. The largest absolute Gasteiger partial charge is 0.343 e. The summed E-state index contributed by atoms with van der Waals surface area (Å²) in [6, 6.07) is 16.3. The van der Waals surface area contributed by atoms with Crippen LogP contribution >= 0.6 is 0 Å². The highest BCUT2D eigenvalue weighted by Gasteiger charge is 2.08. The molecule has 0 fully saturated rings. The second kappa shape index (κ2) is 7.44. The quantitative estimate of drug-likeness (QED) is 0.753. The van der Waals surface area contributed by atoms with Gasteiger partial charge in [0, 0.05) is 23.6 Å². The number of benzene rings is 2. The van der Waals surface area contributed by atoms with E-state index in [-0.39, 0.29) is 18.4 Å². The lowest BCUT2D eigenvalue weighted by Gasteiger charge is -2.08. The standard InChI is InChI=1S/C19H18N4O2/c1-14-3-5-15(6-4-14)19(25)20-13-18(24)22-16-7-9-17(10-8-16)23-12-2-11-21-23/h2-12H,13H2,1H3,(H,20,25)(H,22,24). The molecule has 3 rings (SSSR count). The van der Waals surface area contributed by atoms with Gasteiger partial charge < -0.3 is 10.6 Å². The number of rotatable bonds is 5. The maximum absolute atomic E-state index is 12.0. The summed E-state index contributed by atoms with van der Waals surface area (Å²) < 4.78 is 1.73. The predicted molar refractivity (Wildman–Crippen MR) is 95.7 cm³/mol. The molecule has 0 unspecified atom stereocenters. The molecule has 0 saturated carbocycles. The number of anilines is 1. The number of aromatic nitrogens is 2. The Balaban J connectivity index is 1.52. The summed E-state index contributed by atoms with van der Waals surface area (Å²) >= 11 is 0. The Morgan fingerprint density at radius 3 is 2.40 bits per heavy atom. The zero-order chi connectivity index (χ0) is 17.6. The molecule has 0 aliphatic rings. The Hall–Kier alpha value is -3.41. The third-order valence-corrected chi connectivity index (χ3v) is 3.64. The van der Waals surface area contributed by atoms with Crippen LogP contribution in [0.15, 0.2) is 67.0 Å². The molecule has 6 nitrogen and oxygen atoms in total. The summed E-state index contributed by atoms with van der Waals surface area (Å²) in [5.74, 6) is -0.559. The lowest BCUT2D eigenvalue weighted by Crippen LogP contribution is -2.32. The molecule has 2 aromatic carbocycles. The molecular formula is C19H18N4O2. The van der Waals surface area contributed by atoms with Gasteiger partial charge in [-0.3, -0.25) is 9.59 Å². The van der Waals surface area contributed by atoms with Crippen LogP contribution in [0.2, 0.25) is 0 Å². The summed E-state index contributed by atoms with van der Waals surface area (Å²) in [6.45, 7) is 1.86. The molecule has 1 heterocycles. The van der Waals surface area contributed by atoms with Gasteiger partial charge in [0.15, 0.2) is 0 Å². The van der Waals surface area contributed by atoms with E-state index in [9.17, 15) is 9.59 Å². The van der Waals surface area contributed by atoms with Crippen LogP contribution in [0.4, 0.5) is 5.69 Å². The molecule has 0 radical (unpaired) electrons. The van der Waals surface area contributed by atoms with E-state index in [1.165, 1.54) is 0 Å². The smallest absolute Gasteiger partial charge is 0.251 e. The van der Waals surface area contributed by atoms with E-state index in [1.807, 2.05) is 43.5 Å². The van der Waals surface area contributed by atoms with Gasteiger partial charge in [-0.05, 0) is 49.4 Å². The second-order valence-electron chi connectivity index (χ2n) is 5.59. The van der Waals surface area contributed by atoms with Crippen molar-refractivity contribution in [3.63, 3.8) is 0 Å². The predicted octanol–water partition coefficient (Wildman–Crippen LogP) is 2.55. The van der Waals surface area contributed by atoms with Gasteiger partial charge in [0.2, 0.25) is 5.91 Å². The summed E-state index contributed by atoms with van der Waals surface area (Å²) in [4.78, 5) is 24.0. The van der Waals surface area contributed by atoms with Crippen LogP contribution in [0.5, 0.6) is 0 Å². The minimum atomic E-state index is -0.285. The monoisotopic (exact) mass is 334 g/mol. The van der Waals surface area contributed by atoms with E-state index < -0.39 is 0 Å². The van der Waals surface area contributed by atoms with Gasteiger partial charge in [-0.2, -0.15) is 5.10 Å². The molecule has 0 saturated heterocycles. The van der Waals surface area contributed by atoms with Crippen LogP contribution in [0, 0.1) is 6.92 Å². The number of hydrogen-bond acceptors (Lipinski definition) is 3. The molecule has 0 bridgehead atoms. The minimum absolute atomic E-state index is 0.0897. The SMILES string of the molecule is Cc1ccc(C(=O)NCC(=O)Nc2ccc(-n3cccn3)cc2)cc1. The van der Waals surface area contributed by atoms with Crippen LogP contribution in [-0.2, 0) is 4.79 Å². The van der Waals surface area contributed by atoms with Crippen molar-refractivity contribution < 1.29 is 9.59 Å². The van der Waals surface area contributed by atoms with Crippen molar-refractivity contribution in [2.24, 2.45) is 0 Å². The maximum atomic E-state index is 12.0. The average Bonchev–Trinajstić information content (AvgIpc) is 3.15. The van der Waals surface area contributed by atoms with E-state index >= 15 is 0 Å². The summed E-state index contributed by atoms with van der Waals surface area (Å²) in [5, 5.41) is 9.50. The molecular weight excluding hydrogens is 316 g/mol. The number of hydrogen-bond donors (Lipinski definition) is 2. The van der Waals surface area contributed by atoms with Gasteiger partial charge in [0.25, 0.3) is 5.91 Å². The first-order chi connectivity index (χ1) is 12.1. The van der Waals surface area contributed by atoms with Crippen molar-refractivity contribution in [2.75, 3.05) is 11.9 Å². The zero-order valence-corrected chi connectivity index (χ0v) is 13.8. The number of nitrogens with one attached hydrogen (secondary N) is 2. The fourth-order valence-electron chi connectivity index (χ4n) is 2.29. The molecule has 0 aliphatic carbocycles. The van der Waals surface area contributed by atoms with E-state index in [0.717, 1.165) is 11.3 Å². The van der Waals surface area contributed by atoms with Crippen LogP contribution in [0.1, 0.15) is 15.9 Å². The topological polar surface area (TPSA) is 76.0 Å². The summed E-state index contributed by atoms with van der Waals surface area (Å²) in [6.07, 6.45) is 3.54. The van der Waals surface area contributed by atoms with Crippen LogP contribution in [0.25, 0.3) is 5.69 Å². The molecule has 0 spiro atoms. The highest BCUT2D eigenvalue weighted by atomic mass is 16.2. The Bertz CT molecular complexity index is 853. The minimum Gasteiger partial charge on any atom is -0.343 e. The second-order valence-corrected chi connectivity index (χ2v) is 5.59. The fourth-order valence-corrected chi connectivity index (χ4v) is 2.29. The van der Waals surface area contributed by atoms with E-state index in [4.69, 9.17) is 0 Å². The number of amides is 2. The average molecular weight is 334 g/mol. The van der Waals surface area contributed by atoms with Crippen molar-refractivity contribution in [3.05, 3.63) is 78.1 Å². The van der Waals surface area contributed by atoms with Crippen LogP contribution in [0.3, 0.4) is 0 Å². The Labute approximate surface area is 145 Å². The molecule has 126 valence electrons. The third-order valence-electron chi connectivity index (χ3n) is 3.64. The van der Waals surface area contributed by atoms with E-state index in [0.29, 0.717) is 11.3 Å². The van der Waals surface area contributed by atoms with Gasteiger partial charge in [0.1, 0.15) is 0 Å². The van der Waals surface area contributed by atoms with Gasteiger partial charge in [-0.15, -0.1) is 0 Å². The first-order valence-electron chi connectivity index (χ1n) is 7.86. The van der Waals surface area contributed by atoms with Crippen molar-refractivity contribution in [1.82, 2.24) is 15.1 Å². The van der Waals surface area contributed by atoms with Gasteiger partial charge in [-0.25, -0.2) is 4.68 Å². The van der Waals surface area contributed by atoms with Crippen LogP contribution in [-0.4, -0.2) is 28.1 Å². The van der Waals surface area contributed by atoms with E-state index in [1.54, 1.807) is 35.1 Å². The zero-order valence-electron chi connectivity index (χ0n) is 13.8. The number of carbonyl (C=O) groups excluding carboxylic acids is 2. The number of nitrogens with zero attached hydrogens (tertiary/aromatic N) is 2. The molecule has 6 heteroatoms. The fraction of sp³-hybridized carbons (Fsp3) is 0.105. The summed E-state index contributed by atoms with van der Waals surface area (Å²) in [7, 11) is 0. The molecule has 3 aromatic rings. The Kier molecular flexibility index (Phi) is 4.89. The van der Waals surface area contributed by atoms with Gasteiger partial charge >= 0.3 is 0 Å². The maximum Gasteiger partial charge on any atom is 0.251 e. The lowest BCUT2D eigenvalue weighted by molar-refractivity contribution is -0.115. The Morgan fingerprint density at radius 2 is 1.76 bits per heavy atom. The lowest BCUT2D eigenvalue weighted by atomic mass is 10.1. The molecule has 1 aromatic heterocycles. The van der Waals surface area contributed by atoms with Crippen molar-refractivity contribution >= 4 is 17.5 Å². The first-order valence-corrected chi connectivity index (χ1v) is 7.86. The van der Waals surface area contributed by atoms with Gasteiger partial charge in [-0.1, -0.05) is 17.7 Å². The third kappa shape index (κ3) is 4.32. The van der Waals surface area contributed by atoms with Crippen molar-refractivity contribution in [1.29, 1.82) is 0 Å². The molecule has 2 amide bonds. The van der Waals surface area contributed by atoms with Crippen molar-refractivity contribution in [2.45, 2.75) is 6.92 Å². The van der Waals surface area contributed by atoms with E-state index in [2.05, 4.69) is 15.7 Å². The normalized spacial score (nSPS) is 10.3. The highest BCUT2D eigenvalue weighted by molar-refractivity contribution is 5.99. The van der Waals surface area contributed by atoms with Crippen molar-refractivity contribution in [3.8, 4) is 5.69 Å². The van der Waals surface area contributed by atoms with Gasteiger partial charge in [0.05, 0.1) is 12.2 Å². The number of aryl methyl sites for hydroxylation is 1. The number of carbonyl (C=O) groups is 2. The van der Waals surface area contributed by atoms with Crippen LogP contribution < -0.4 is 10.6 Å².